The lowest BCUT2D eigenvalue weighted by molar-refractivity contribution is -0.0498. The number of alkyl halides is 2. The van der Waals surface area contributed by atoms with Crippen LogP contribution < -0.4 is 15.4 Å². The summed E-state index contributed by atoms with van der Waals surface area (Å²) in [6.45, 7) is 0.490. The Morgan fingerprint density at radius 3 is 2.95 bits per heavy atom. The second kappa shape index (κ2) is 7.75. The van der Waals surface area contributed by atoms with Gasteiger partial charge in [0.05, 0.1) is 0 Å². The number of carbonyl (C=O) groups excluding carboxylic acids is 1. The predicted octanol–water partition coefficient (Wildman–Crippen LogP) is 2.56. The molecule has 2 N–H and O–H groups in total. The molecule has 1 fully saturated rings. The Bertz CT molecular complexity index is 451. The zero-order valence-electron chi connectivity index (χ0n) is 10.9. The molecule has 0 radical (unpaired) electrons. The molecule has 114 valence electrons. The van der Waals surface area contributed by atoms with E-state index in [1.807, 2.05) is 0 Å². The molecule has 0 aliphatic carbocycles. The first-order valence-corrected chi connectivity index (χ1v) is 6.94. The van der Waals surface area contributed by atoms with E-state index in [2.05, 4.69) is 15.4 Å². The number of amides is 1. The predicted molar refractivity (Wildman–Crippen MR) is 76.3 cm³/mol. The van der Waals surface area contributed by atoms with Crippen LogP contribution in [-0.4, -0.2) is 31.7 Å². The minimum Gasteiger partial charge on any atom is -0.433 e. The van der Waals surface area contributed by atoms with E-state index in [0.29, 0.717) is 6.54 Å². The average Bonchev–Trinajstić information content (AvgIpc) is 2.70. The summed E-state index contributed by atoms with van der Waals surface area (Å²) in [5, 5.41) is 6.03. The zero-order valence-corrected chi connectivity index (χ0v) is 12.6. The molecule has 1 atom stereocenters. The minimum absolute atomic E-state index is 0. The molecule has 8 heteroatoms. The summed E-state index contributed by atoms with van der Waals surface area (Å²) in [7, 11) is 0. The Labute approximate surface area is 126 Å². The summed E-state index contributed by atoms with van der Waals surface area (Å²) in [4.78, 5) is 13.1. The molecule has 0 saturated carbocycles. The van der Waals surface area contributed by atoms with Crippen molar-refractivity contribution in [3.05, 3.63) is 15.8 Å². The van der Waals surface area contributed by atoms with Gasteiger partial charge in [-0.3, -0.25) is 4.79 Å². The largest absolute Gasteiger partial charge is 0.433 e. The first-order valence-electron chi connectivity index (χ1n) is 6.13. The van der Waals surface area contributed by atoms with E-state index in [-0.39, 0.29) is 35.0 Å². The second-order valence-corrected chi connectivity index (χ2v) is 5.70. The normalized spacial score (nSPS) is 18.5. The summed E-state index contributed by atoms with van der Waals surface area (Å²) in [6, 6.07) is 1.51. The van der Waals surface area contributed by atoms with Crippen LogP contribution in [0.3, 0.4) is 0 Å². The molecule has 2 rings (SSSR count). The van der Waals surface area contributed by atoms with Crippen LogP contribution in [0, 0.1) is 6.92 Å². The van der Waals surface area contributed by atoms with E-state index in [1.165, 1.54) is 6.07 Å². The Morgan fingerprint density at radius 2 is 2.35 bits per heavy atom. The topological polar surface area (TPSA) is 50.4 Å². The smallest absolute Gasteiger partial charge is 0.387 e. The standard InChI is InChI=1S/C12H16F2N2O2S.ClH/c1-7-5-9(18-12(13)14)10(19-7)11(17)16-8-3-2-4-15-6-8;/h5,8,12,15H,2-4,6H2,1H3,(H,16,17);1H. The number of nitrogens with one attached hydrogen (secondary N) is 2. The third-order valence-electron chi connectivity index (χ3n) is 2.88. The maximum Gasteiger partial charge on any atom is 0.387 e. The van der Waals surface area contributed by atoms with Gasteiger partial charge in [-0.2, -0.15) is 8.78 Å². The van der Waals surface area contributed by atoms with Crippen molar-refractivity contribution in [1.29, 1.82) is 0 Å². The van der Waals surface area contributed by atoms with Crippen molar-refractivity contribution in [1.82, 2.24) is 10.6 Å². The van der Waals surface area contributed by atoms with Gasteiger partial charge in [-0.05, 0) is 32.4 Å². The summed E-state index contributed by atoms with van der Waals surface area (Å²) >= 11 is 1.16. The summed E-state index contributed by atoms with van der Waals surface area (Å²) in [5.41, 5.74) is 0. The highest BCUT2D eigenvalue weighted by Crippen LogP contribution is 2.30. The average molecular weight is 327 g/mol. The number of hydrogen-bond donors (Lipinski definition) is 2. The van der Waals surface area contributed by atoms with Gasteiger partial charge in [0.2, 0.25) is 0 Å². The Kier molecular flexibility index (Phi) is 6.64. The molecule has 1 saturated heterocycles. The van der Waals surface area contributed by atoms with Gasteiger partial charge in [0, 0.05) is 17.5 Å². The molecule has 20 heavy (non-hydrogen) atoms. The number of ether oxygens (including phenoxy) is 1. The zero-order chi connectivity index (χ0) is 13.8. The maximum atomic E-state index is 12.3. The van der Waals surface area contributed by atoms with E-state index >= 15 is 0 Å². The monoisotopic (exact) mass is 326 g/mol. The molecule has 1 aliphatic heterocycles. The fourth-order valence-electron chi connectivity index (χ4n) is 2.06. The van der Waals surface area contributed by atoms with Gasteiger partial charge < -0.3 is 15.4 Å². The summed E-state index contributed by atoms with van der Waals surface area (Å²) in [5.74, 6) is -0.388. The first-order chi connectivity index (χ1) is 9.06. The van der Waals surface area contributed by atoms with Crippen LogP contribution in [-0.2, 0) is 0 Å². The van der Waals surface area contributed by atoms with Crippen LogP contribution in [0.5, 0.6) is 5.75 Å². The molecule has 0 spiro atoms. The fraction of sp³-hybridized carbons (Fsp3) is 0.583. The third kappa shape index (κ3) is 4.57. The van der Waals surface area contributed by atoms with E-state index in [1.54, 1.807) is 6.92 Å². The lowest BCUT2D eigenvalue weighted by Gasteiger charge is -2.23. The van der Waals surface area contributed by atoms with Crippen LogP contribution in [0.4, 0.5) is 8.78 Å². The van der Waals surface area contributed by atoms with Gasteiger partial charge in [-0.15, -0.1) is 23.7 Å². The number of carbonyl (C=O) groups is 1. The molecule has 1 aromatic heterocycles. The van der Waals surface area contributed by atoms with Crippen LogP contribution in [0.15, 0.2) is 6.07 Å². The van der Waals surface area contributed by atoms with Crippen LogP contribution >= 0.6 is 23.7 Å². The molecular weight excluding hydrogens is 310 g/mol. The van der Waals surface area contributed by atoms with Gasteiger partial charge in [0.15, 0.2) is 0 Å². The third-order valence-corrected chi connectivity index (χ3v) is 3.91. The van der Waals surface area contributed by atoms with Crippen molar-refractivity contribution in [2.45, 2.75) is 32.4 Å². The van der Waals surface area contributed by atoms with E-state index in [9.17, 15) is 13.6 Å². The molecule has 1 aliphatic rings. The van der Waals surface area contributed by atoms with Crippen molar-refractivity contribution in [2.24, 2.45) is 0 Å². The SMILES string of the molecule is Cc1cc(OC(F)F)c(C(=O)NC2CCCNC2)s1.Cl. The summed E-state index contributed by atoms with van der Waals surface area (Å²) < 4.78 is 28.9. The molecule has 0 bridgehead atoms. The van der Waals surface area contributed by atoms with Gasteiger partial charge in [0.25, 0.3) is 5.91 Å². The Balaban J connectivity index is 0.00000200. The van der Waals surface area contributed by atoms with E-state index in [4.69, 9.17) is 0 Å². The quantitative estimate of drug-likeness (QED) is 0.894. The highest BCUT2D eigenvalue weighted by molar-refractivity contribution is 7.14. The van der Waals surface area contributed by atoms with Crippen LogP contribution in [0.1, 0.15) is 27.4 Å². The molecule has 0 aromatic carbocycles. The van der Waals surface area contributed by atoms with Crippen molar-refractivity contribution in [2.75, 3.05) is 13.1 Å². The van der Waals surface area contributed by atoms with Crippen molar-refractivity contribution < 1.29 is 18.3 Å². The number of piperidine rings is 1. The highest BCUT2D eigenvalue weighted by atomic mass is 35.5. The van der Waals surface area contributed by atoms with Crippen LogP contribution in [0.2, 0.25) is 0 Å². The summed E-state index contributed by atoms with van der Waals surface area (Å²) in [6.07, 6.45) is 1.89. The molecular formula is C12H17ClF2N2O2S. The lowest BCUT2D eigenvalue weighted by Crippen LogP contribution is -2.45. The molecule has 1 aromatic rings. The number of aryl methyl sites for hydroxylation is 1. The van der Waals surface area contributed by atoms with Gasteiger partial charge in [0.1, 0.15) is 10.6 Å². The highest BCUT2D eigenvalue weighted by Gasteiger charge is 2.22. The fourth-order valence-corrected chi connectivity index (χ4v) is 2.91. The first kappa shape index (κ1) is 17.1. The van der Waals surface area contributed by atoms with Crippen molar-refractivity contribution in [3.63, 3.8) is 0 Å². The van der Waals surface area contributed by atoms with E-state index < -0.39 is 6.61 Å². The number of halogens is 3. The Hall–Kier alpha value is -0.920. The number of rotatable bonds is 4. The number of hydrogen-bond acceptors (Lipinski definition) is 4. The molecule has 1 unspecified atom stereocenters. The Morgan fingerprint density at radius 1 is 1.60 bits per heavy atom. The molecule has 4 nitrogen and oxygen atoms in total. The van der Waals surface area contributed by atoms with Gasteiger partial charge >= 0.3 is 6.61 Å². The van der Waals surface area contributed by atoms with Crippen molar-refractivity contribution >= 4 is 29.7 Å². The number of thiophene rings is 1. The van der Waals surface area contributed by atoms with E-state index in [0.717, 1.165) is 35.6 Å². The maximum absolute atomic E-state index is 12.3. The molecule has 1 amide bonds. The van der Waals surface area contributed by atoms with Gasteiger partial charge in [-0.1, -0.05) is 0 Å². The lowest BCUT2D eigenvalue weighted by atomic mass is 10.1. The minimum atomic E-state index is -2.92. The van der Waals surface area contributed by atoms with Gasteiger partial charge in [-0.25, -0.2) is 0 Å². The second-order valence-electron chi connectivity index (χ2n) is 4.45. The molecule has 2 heterocycles. The van der Waals surface area contributed by atoms with Crippen LogP contribution in [0.25, 0.3) is 0 Å². The van der Waals surface area contributed by atoms with Crippen molar-refractivity contribution in [3.8, 4) is 5.75 Å².